The van der Waals surface area contributed by atoms with Gasteiger partial charge >= 0.3 is 5.97 Å². The second kappa shape index (κ2) is 4.38. The van der Waals surface area contributed by atoms with E-state index in [9.17, 15) is 9.59 Å². The van der Waals surface area contributed by atoms with Gasteiger partial charge in [0.05, 0.1) is 0 Å². The summed E-state index contributed by atoms with van der Waals surface area (Å²) in [6.45, 7) is 1.81. The Hall–Kier alpha value is -0.510. The first-order chi connectivity index (χ1) is 4.16. The molecule has 0 aliphatic carbocycles. The number of hydrogen-bond acceptors (Lipinski definition) is 3. The highest BCUT2D eigenvalue weighted by Crippen LogP contribution is 2.02. The molecule has 3 nitrogen and oxygen atoms in total. The zero-order chi connectivity index (χ0) is 7.28. The van der Waals surface area contributed by atoms with Crippen LogP contribution < -0.4 is 0 Å². The molecule has 0 aromatic heterocycles. The Morgan fingerprint density at radius 2 is 2.11 bits per heavy atom. The maximum atomic E-state index is 10.4. The van der Waals surface area contributed by atoms with Gasteiger partial charge in [-0.2, -0.15) is 0 Å². The van der Waals surface area contributed by atoms with Gasteiger partial charge in [-0.3, -0.25) is 9.59 Å². The molecule has 9 heavy (non-hydrogen) atoms. The largest absolute Gasteiger partial charge is 0.481 e. The van der Waals surface area contributed by atoms with E-state index in [4.69, 9.17) is 5.11 Å². The third-order valence-electron chi connectivity index (χ3n) is 0.601. The van der Waals surface area contributed by atoms with Gasteiger partial charge in [0.25, 0.3) is 0 Å². The van der Waals surface area contributed by atoms with Crippen LogP contribution in [0.2, 0.25) is 0 Å². The number of aliphatic carboxylic acids is 1. The molecule has 0 atom stereocenters. The SMILES string of the molecule is CCSC(=O)CC(=O)O. The van der Waals surface area contributed by atoms with Gasteiger partial charge in [-0.15, -0.1) is 0 Å². The first-order valence-corrected chi connectivity index (χ1v) is 3.52. The van der Waals surface area contributed by atoms with Gasteiger partial charge in [-0.1, -0.05) is 18.7 Å². The molecule has 0 heterocycles. The minimum absolute atomic E-state index is 0.273. The van der Waals surface area contributed by atoms with E-state index >= 15 is 0 Å². The zero-order valence-corrected chi connectivity index (χ0v) is 5.90. The second-order valence-corrected chi connectivity index (χ2v) is 2.70. The van der Waals surface area contributed by atoms with Gasteiger partial charge in [-0.05, 0) is 5.75 Å². The Balaban J connectivity index is 3.39. The van der Waals surface area contributed by atoms with E-state index in [0.717, 1.165) is 11.8 Å². The van der Waals surface area contributed by atoms with E-state index in [1.54, 1.807) is 0 Å². The van der Waals surface area contributed by atoms with E-state index in [1.807, 2.05) is 6.92 Å². The van der Waals surface area contributed by atoms with Crippen molar-refractivity contribution in [1.82, 2.24) is 0 Å². The summed E-state index contributed by atoms with van der Waals surface area (Å²) in [6, 6.07) is 0. The molecule has 4 heteroatoms. The Bertz CT molecular complexity index is 121. The summed E-state index contributed by atoms with van der Waals surface area (Å²) in [7, 11) is 0. The predicted octanol–water partition coefficient (Wildman–Crippen LogP) is 0.741. The number of carboxylic acids is 1. The Kier molecular flexibility index (Phi) is 4.13. The molecule has 0 fully saturated rings. The average Bonchev–Trinajstić information content (AvgIpc) is 1.63. The third kappa shape index (κ3) is 5.36. The summed E-state index contributed by atoms with van der Waals surface area (Å²) in [4.78, 5) is 20.3. The molecular weight excluding hydrogens is 140 g/mol. The Morgan fingerprint density at radius 3 is 2.44 bits per heavy atom. The minimum atomic E-state index is -1.05. The molecular formula is C5H8O3S. The second-order valence-electron chi connectivity index (χ2n) is 1.38. The molecule has 0 amide bonds. The van der Waals surface area contributed by atoms with E-state index in [1.165, 1.54) is 0 Å². The molecule has 0 bridgehead atoms. The van der Waals surface area contributed by atoms with Crippen molar-refractivity contribution in [1.29, 1.82) is 0 Å². The number of hydrogen-bond donors (Lipinski definition) is 1. The lowest BCUT2D eigenvalue weighted by Gasteiger charge is -1.90. The lowest BCUT2D eigenvalue weighted by Crippen LogP contribution is -2.02. The summed E-state index contributed by atoms with van der Waals surface area (Å²) in [5.74, 6) is -0.410. The lowest BCUT2D eigenvalue weighted by atomic mass is 10.5. The van der Waals surface area contributed by atoms with Crippen molar-refractivity contribution in [3.63, 3.8) is 0 Å². The van der Waals surface area contributed by atoms with Crippen molar-refractivity contribution in [2.45, 2.75) is 13.3 Å². The van der Waals surface area contributed by atoms with E-state index in [0.29, 0.717) is 5.75 Å². The van der Waals surface area contributed by atoms with Crippen LogP contribution in [0.4, 0.5) is 0 Å². The first-order valence-electron chi connectivity index (χ1n) is 2.54. The monoisotopic (exact) mass is 148 g/mol. The number of carboxylic acid groups (broad SMARTS) is 1. The van der Waals surface area contributed by atoms with Crippen LogP contribution >= 0.6 is 11.8 Å². The van der Waals surface area contributed by atoms with Crippen molar-refractivity contribution in [3.05, 3.63) is 0 Å². The van der Waals surface area contributed by atoms with E-state index in [2.05, 4.69) is 0 Å². The van der Waals surface area contributed by atoms with Gasteiger partial charge in [0.15, 0.2) is 5.12 Å². The Morgan fingerprint density at radius 1 is 1.56 bits per heavy atom. The molecule has 1 N–H and O–H groups in total. The molecule has 0 aromatic rings. The summed E-state index contributed by atoms with van der Waals surface area (Å²) in [5, 5.41) is 7.80. The lowest BCUT2D eigenvalue weighted by molar-refractivity contribution is -0.138. The Labute approximate surface area is 57.4 Å². The van der Waals surface area contributed by atoms with Crippen LogP contribution in [0.15, 0.2) is 0 Å². The highest BCUT2D eigenvalue weighted by atomic mass is 32.2. The quantitative estimate of drug-likeness (QED) is 0.600. The normalized spacial score (nSPS) is 9.00. The molecule has 0 rings (SSSR count). The highest BCUT2D eigenvalue weighted by molar-refractivity contribution is 8.13. The van der Waals surface area contributed by atoms with Gasteiger partial charge in [0.1, 0.15) is 6.42 Å². The molecule has 0 aliphatic rings. The van der Waals surface area contributed by atoms with Crippen molar-refractivity contribution in [2.75, 3.05) is 5.75 Å². The molecule has 0 aromatic carbocycles. The minimum Gasteiger partial charge on any atom is -0.481 e. The summed E-state index contributed by atoms with van der Waals surface area (Å²) in [5.41, 5.74) is 0. The van der Waals surface area contributed by atoms with Crippen LogP contribution in [0, 0.1) is 0 Å². The fourth-order valence-electron chi connectivity index (χ4n) is 0.335. The zero-order valence-electron chi connectivity index (χ0n) is 5.09. The van der Waals surface area contributed by atoms with Crippen LogP contribution in [0.25, 0.3) is 0 Å². The standard InChI is InChI=1S/C5H8O3S/c1-2-9-5(8)3-4(6)7/h2-3H2,1H3,(H,6,7). The molecule has 0 saturated heterocycles. The van der Waals surface area contributed by atoms with Gasteiger partial charge in [0, 0.05) is 0 Å². The summed E-state index contributed by atoms with van der Waals surface area (Å²) < 4.78 is 0. The average molecular weight is 148 g/mol. The van der Waals surface area contributed by atoms with Gasteiger partial charge in [0.2, 0.25) is 0 Å². The molecule has 52 valence electrons. The van der Waals surface area contributed by atoms with E-state index in [-0.39, 0.29) is 11.5 Å². The molecule has 0 saturated carbocycles. The number of rotatable bonds is 3. The number of carbonyl (C=O) groups is 2. The van der Waals surface area contributed by atoms with Gasteiger partial charge < -0.3 is 5.11 Å². The van der Waals surface area contributed by atoms with Crippen LogP contribution in [-0.2, 0) is 9.59 Å². The maximum absolute atomic E-state index is 10.4. The molecule has 0 aliphatic heterocycles. The maximum Gasteiger partial charge on any atom is 0.311 e. The first kappa shape index (κ1) is 8.49. The number of carbonyl (C=O) groups excluding carboxylic acids is 1. The van der Waals surface area contributed by atoms with Crippen LogP contribution in [0.1, 0.15) is 13.3 Å². The van der Waals surface area contributed by atoms with Crippen molar-refractivity contribution in [2.24, 2.45) is 0 Å². The third-order valence-corrected chi connectivity index (χ3v) is 1.36. The fourth-order valence-corrected chi connectivity index (χ4v) is 0.883. The number of thioether (sulfide) groups is 1. The summed E-state index contributed by atoms with van der Waals surface area (Å²) >= 11 is 1.04. The van der Waals surface area contributed by atoms with E-state index < -0.39 is 5.97 Å². The molecule has 0 unspecified atom stereocenters. The predicted molar refractivity (Wildman–Crippen MR) is 35.4 cm³/mol. The van der Waals surface area contributed by atoms with Crippen LogP contribution in [0.5, 0.6) is 0 Å². The van der Waals surface area contributed by atoms with Crippen LogP contribution in [-0.4, -0.2) is 21.9 Å². The topological polar surface area (TPSA) is 54.4 Å². The smallest absolute Gasteiger partial charge is 0.311 e. The molecule has 0 spiro atoms. The van der Waals surface area contributed by atoms with Crippen LogP contribution in [0.3, 0.4) is 0 Å². The molecule has 0 radical (unpaired) electrons. The van der Waals surface area contributed by atoms with Crippen molar-refractivity contribution < 1.29 is 14.7 Å². The highest BCUT2D eigenvalue weighted by Gasteiger charge is 2.05. The fraction of sp³-hybridized carbons (Fsp3) is 0.600. The van der Waals surface area contributed by atoms with Gasteiger partial charge in [-0.25, -0.2) is 0 Å². The van der Waals surface area contributed by atoms with Crippen molar-refractivity contribution in [3.8, 4) is 0 Å². The summed E-state index contributed by atoms with van der Waals surface area (Å²) in [6.07, 6.45) is -0.363. The van der Waals surface area contributed by atoms with Crippen molar-refractivity contribution >= 4 is 22.8 Å².